The highest BCUT2D eigenvalue weighted by Gasteiger charge is 2.32. The third-order valence-electron chi connectivity index (χ3n) is 2.90. The molecule has 0 aliphatic rings. The zero-order chi connectivity index (χ0) is 16.0. The summed E-state index contributed by atoms with van der Waals surface area (Å²) in [7, 11) is 1.50. The Morgan fingerprint density at radius 3 is 2.62 bits per heavy atom. The maximum atomic E-state index is 12.5. The fourth-order valence-electron chi connectivity index (χ4n) is 1.89. The van der Waals surface area contributed by atoms with Gasteiger partial charge in [0.15, 0.2) is 0 Å². The van der Waals surface area contributed by atoms with Crippen LogP contribution in [0.15, 0.2) is 30.9 Å². The molecule has 0 aromatic heterocycles. The minimum absolute atomic E-state index is 0.111. The largest absolute Gasteiger partial charge is 0.496 e. The van der Waals surface area contributed by atoms with Gasteiger partial charge in [-0.25, -0.2) is 0 Å². The first-order valence-electron chi connectivity index (χ1n) is 6.35. The van der Waals surface area contributed by atoms with Crippen molar-refractivity contribution in [1.29, 1.82) is 0 Å². The summed E-state index contributed by atoms with van der Waals surface area (Å²) < 4.78 is 42.5. The second-order valence-electron chi connectivity index (χ2n) is 4.66. The van der Waals surface area contributed by atoms with Crippen LogP contribution in [0.4, 0.5) is 13.2 Å². The van der Waals surface area contributed by atoms with Crippen LogP contribution in [-0.2, 0) is 11.2 Å². The van der Waals surface area contributed by atoms with Crippen molar-refractivity contribution in [3.8, 4) is 5.75 Å². The summed E-state index contributed by atoms with van der Waals surface area (Å²) in [4.78, 5) is 12.7. The van der Waals surface area contributed by atoms with Crippen molar-refractivity contribution in [2.45, 2.75) is 19.5 Å². The Balaban J connectivity index is 2.83. The zero-order valence-electron chi connectivity index (χ0n) is 12.0. The number of nitrogens with zero attached hydrogens (tertiary/aromatic N) is 1. The minimum Gasteiger partial charge on any atom is -0.496 e. The number of ether oxygens (including phenoxy) is 1. The summed E-state index contributed by atoms with van der Waals surface area (Å²) in [6, 6.07) is 5.13. The second kappa shape index (κ2) is 7.15. The summed E-state index contributed by atoms with van der Waals surface area (Å²) in [5.41, 5.74) is 1.51. The molecule has 0 unspecified atom stereocenters. The highest BCUT2D eigenvalue weighted by atomic mass is 19.4. The number of aryl methyl sites for hydroxylation is 1. The van der Waals surface area contributed by atoms with Gasteiger partial charge in [0.25, 0.3) is 0 Å². The summed E-state index contributed by atoms with van der Waals surface area (Å²) in [6.45, 7) is 3.81. The summed E-state index contributed by atoms with van der Waals surface area (Å²) in [5.74, 6) is 0.00419. The maximum Gasteiger partial charge on any atom is 0.406 e. The van der Waals surface area contributed by atoms with Gasteiger partial charge < -0.3 is 9.64 Å². The molecule has 1 aromatic rings. The fraction of sp³-hybridized carbons (Fsp3) is 0.400. The molecule has 0 aliphatic carbocycles. The molecule has 0 N–H and O–H groups in total. The van der Waals surface area contributed by atoms with Gasteiger partial charge in [0.1, 0.15) is 12.3 Å². The second-order valence-corrected chi connectivity index (χ2v) is 4.66. The predicted molar refractivity (Wildman–Crippen MR) is 74.3 cm³/mol. The first kappa shape index (κ1) is 17.1. The van der Waals surface area contributed by atoms with E-state index in [-0.39, 0.29) is 13.0 Å². The molecule has 0 fully saturated rings. The predicted octanol–water partition coefficient (Wildman–Crippen LogP) is 3.12. The molecule has 0 heterocycles. The van der Waals surface area contributed by atoms with E-state index in [1.54, 1.807) is 18.2 Å². The lowest BCUT2D eigenvalue weighted by Gasteiger charge is -2.22. The molecule has 0 aliphatic heterocycles. The van der Waals surface area contributed by atoms with E-state index in [4.69, 9.17) is 4.74 Å². The molecule has 0 radical (unpaired) electrons. The quantitative estimate of drug-likeness (QED) is 0.756. The molecule has 0 saturated carbocycles. The zero-order valence-corrected chi connectivity index (χ0v) is 12.0. The van der Waals surface area contributed by atoms with E-state index in [1.807, 2.05) is 6.92 Å². The van der Waals surface area contributed by atoms with Crippen molar-refractivity contribution in [1.82, 2.24) is 4.90 Å². The lowest BCUT2D eigenvalue weighted by Crippen LogP contribution is -2.39. The highest BCUT2D eigenvalue weighted by molar-refractivity contribution is 5.79. The molecule has 1 amide bonds. The third kappa shape index (κ3) is 5.49. The average molecular weight is 301 g/mol. The average Bonchev–Trinajstić information content (AvgIpc) is 2.39. The number of rotatable bonds is 6. The lowest BCUT2D eigenvalue weighted by atomic mass is 10.1. The Bertz CT molecular complexity index is 512. The number of carbonyl (C=O) groups is 1. The smallest absolute Gasteiger partial charge is 0.406 e. The highest BCUT2D eigenvalue weighted by Crippen LogP contribution is 2.21. The van der Waals surface area contributed by atoms with Gasteiger partial charge in [0, 0.05) is 6.54 Å². The fourth-order valence-corrected chi connectivity index (χ4v) is 1.89. The summed E-state index contributed by atoms with van der Waals surface area (Å²) >= 11 is 0. The van der Waals surface area contributed by atoms with Gasteiger partial charge in [0.2, 0.25) is 5.91 Å². The van der Waals surface area contributed by atoms with Crippen LogP contribution in [0, 0.1) is 6.92 Å². The van der Waals surface area contributed by atoms with E-state index in [2.05, 4.69) is 6.58 Å². The van der Waals surface area contributed by atoms with Crippen LogP contribution in [0.25, 0.3) is 0 Å². The molecule has 6 heteroatoms. The van der Waals surface area contributed by atoms with Crippen molar-refractivity contribution >= 4 is 5.91 Å². The molecule has 3 nitrogen and oxygen atoms in total. The van der Waals surface area contributed by atoms with E-state index in [9.17, 15) is 18.0 Å². The first-order valence-corrected chi connectivity index (χ1v) is 6.35. The molecular weight excluding hydrogens is 283 g/mol. The van der Waals surface area contributed by atoms with Crippen LogP contribution >= 0.6 is 0 Å². The molecular formula is C15H18F3NO2. The molecule has 21 heavy (non-hydrogen) atoms. The van der Waals surface area contributed by atoms with Gasteiger partial charge >= 0.3 is 6.18 Å². The van der Waals surface area contributed by atoms with Crippen molar-refractivity contribution in [3.05, 3.63) is 42.0 Å². The number of hydrogen-bond acceptors (Lipinski definition) is 2. The Morgan fingerprint density at radius 1 is 1.43 bits per heavy atom. The molecule has 0 atom stereocenters. The number of methoxy groups -OCH3 is 1. The standard InChI is InChI=1S/C15H18F3NO2/c1-4-7-19(10-15(16,17)18)14(20)9-12-6-5-11(2)13(8-12)21-3/h4-6,8H,1,7,9-10H2,2-3H3. The van der Waals surface area contributed by atoms with Crippen LogP contribution in [0.1, 0.15) is 11.1 Å². The third-order valence-corrected chi connectivity index (χ3v) is 2.90. The van der Waals surface area contributed by atoms with Crippen LogP contribution < -0.4 is 4.74 Å². The van der Waals surface area contributed by atoms with Gasteiger partial charge in [-0.3, -0.25) is 4.79 Å². The number of halogens is 3. The first-order chi connectivity index (χ1) is 9.76. The normalized spacial score (nSPS) is 11.1. The molecule has 116 valence electrons. The Kier molecular flexibility index (Phi) is 5.81. The van der Waals surface area contributed by atoms with E-state index in [1.165, 1.54) is 13.2 Å². The SMILES string of the molecule is C=CCN(CC(F)(F)F)C(=O)Cc1ccc(C)c(OC)c1. The molecule has 1 aromatic carbocycles. The Hall–Kier alpha value is -1.98. The molecule has 0 bridgehead atoms. The summed E-state index contributed by atoms with van der Waals surface area (Å²) in [5, 5.41) is 0. The van der Waals surface area contributed by atoms with Crippen LogP contribution in [0.3, 0.4) is 0 Å². The van der Waals surface area contributed by atoms with Gasteiger partial charge in [-0.15, -0.1) is 6.58 Å². The molecule has 0 saturated heterocycles. The van der Waals surface area contributed by atoms with E-state index in [0.29, 0.717) is 11.3 Å². The number of amides is 1. The molecule has 0 spiro atoms. The van der Waals surface area contributed by atoms with E-state index >= 15 is 0 Å². The number of benzene rings is 1. The van der Waals surface area contributed by atoms with Gasteiger partial charge in [-0.2, -0.15) is 13.2 Å². The van der Waals surface area contributed by atoms with Gasteiger partial charge in [-0.05, 0) is 24.1 Å². The minimum atomic E-state index is -4.43. The Morgan fingerprint density at radius 2 is 2.10 bits per heavy atom. The number of carbonyl (C=O) groups excluding carboxylic acids is 1. The number of alkyl halides is 3. The van der Waals surface area contributed by atoms with E-state index < -0.39 is 18.6 Å². The van der Waals surface area contributed by atoms with E-state index in [0.717, 1.165) is 10.5 Å². The maximum absolute atomic E-state index is 12.5. The van der Waals surface area contributed by atoms with Crippen LogP contribution in [0.5, 0.6) is 5.75 Å². The van der Waals surface area contributed by atoms with Crippen LogP contribution in [0.2, 0.25) is 0 Å². The Labute approximate surface area is 122 Å². The van der Waals surface area contributed by atoms with Gasteiger partial charge in [-0.1, -0.05) is 18.2 Å². The van der Waals surface area contributed by atoms with Crippen molar-refractivity contribution in [2.24, 2.45) is 0 Å². The topological polar surface area (TPSA) is 29.5 Å². The number of hydrogen-bond donors (Lipinski definition) is 0. The van der Waals surface area contributed by atoms with Crippen LogP contribution in [-0.4, -0.2) is 37.2 Å². The van der Waals surface area contributed by atoms with Crippen molar-refractivity contribution < 1.29 is 22.7 Å². The lowest BCUT2D eigenvalue weighted by molar-refractivity contribution is -0.159. The molecule has 1 rings (SSSR count). The van der Waals surface area contributed by atoms with Gasteiger partial charge in [0.05, 0.1) is 13.5 Å². The monoisotopic (exact) mass is 301 g/mol. The van der Waals surface area contributed by atoms with Crippen molar-refractivity contribution in [2.75, 3.05) is 20.2 Å². The summed E-state index contributed by atoms with van der Waals surface area (Å²) in [6.07, 6.45) is -3.26. The van der Waals surface area contributed by atoms with Crippen molar-refractivity contribution in [3.63, 3.8) is 0 Å².